The maximum Gasteiger partial charge on any atom is 0.261 e. The molecular formula is C21H15ClIN3O2. The van der Waals surface area contributed by atoms with E-state index in [0.29, 0.717) is 38.9 Å². The minimum Gasteiger partial charge on any atom is -0.438 e. The molecule has 0 fully saturated rings. The van der Waals surface area contributed by atoms with Gasteiger partial charge in [0.05, 0.1) is 16.5 Å². The Labute approximate surface area is 180 Å². The summed E-state index contributed by atoms with van der Waals surface area (Å²) in [6, 6.07) is 14.7. The van der Waals surface area contributed by atoms with Gasteiger partial charge in [-0.2, -0.15) is 0 Å². The number of halogens is 2. The first-order chi connectivity index (χ1) is 13.4. The fourth-order valence-corrected chi connectivity index (χ4v) is 3.63. The lowest BCUT2D eigenvalue weighted by Gasteiger charge is -2.14. The molecule has 0 spiro atoms. The monoisotopic (exact) mass is 503 g/mol. The summed E-state index contributed by atoms with van der Waals surface area (Å²) in [5.41, 5.74) is 1.92. The highest BCUT2D eigenvalue weighted by molar-refractivity contribution is 14.1. The van der Waals surface area contributed by atoms with Crippen molar-refractivity contribution in [3.8, 4) is 23.0 Å². The quantitative estimate of drug-likeness (QED) is 0.354. The van der Waals surface area contributed by atoms with Crippen LogP contribution in [0.1, 0.15) is 5.56 Å². The number of pyridine rings is 1. The Balaban J connectivity index is 1.90. The van der Waals surface area contributed by atoms with E-state index in [9.17, 15) is 4.79 Å². The van der Waals surface area contributed by atoms with Gasteiger partial charge < -0.3 is 4.74 Å². The molecule has 0 aliphatic heterocycles. The summed E-state index contributed by atoms with van der Waals surface area (Å²) in [4.78, 5) is 22.0. The molecule has 4 rings (SSSR count). The molecule has 140 valence electrons. The molecule has 0 saturated heterocycles. The second-order valence-corrected chi connectivity index (χ2v) is 8.01. The molecule has 0 aliphatic rings. The average Bonchev–Trinajstić information content (AvgIpc) is 2.67. The lowest BCUT2D eigenvalue weighted by molar-refractivity contribution is 0.464. The van der Waals surface area contributed by atoms with Crippen molar-refractivity contribution in [3.63, 3.8) is 0 Å². The van der Waals surface area contributed by atoms with Crippen molar-refractivity contribution < 1.29 is 4.74 Å². The molecule has 0 saturated carbocycles. The summed E-state index contributed by atoms with van der Waals surface area (Å²) >= 11 is 8.36. The third-order valence-corrected chi connectivity index (χ3v) is 5.31. The highest BCUT2D eigenvalue weighted by Crippen LogP contribution is 2.31. The number of aryl methyl sites for hydroxylation is 1. The Morgan fingerprint density at radius 1 is 1.14 bits per heavy atom. The van der Waals surface area contributed by atoms with Crippen LogP contribution >= 0.6 is 34.2 Å². The number of nitrogens with zero attached hydrogens (tertiary/aromatic N) is 3. The summed E-state index contributed by atoms with van der Waals surface area (Å²) in [7, 11) is 1.68. The van der Waals surface area contributed by atoms with E-state index in [1.807, 2.05) is 37.3 Å². The van der Waals surface area contributed by atoms with Crippen LogP contribution in [0.25, 0.3) is 22.3 Å². The SMILES string of the molecule is Cc1cc(Cl)cc2c(=O)n(C)c(-c3cccnc3Oc3ccc(I)cc3)nc12. The predicted molar refractivity (Wildman–Crippen MR) is 119 cm³/mol. The molecule has 2 heterocycles. The first kappa shape index (κ1) is 18.9. The molecule has 0 aliphatic carbocycles. The first-order valence-corrected chi connectivity index (χ1v) is 9.95. The highest BCUT2D eigenvalue weighted by atomic mass is 127. The number of rotatable bonds is 3. The van der Waals surface area contributed by atoms with E-state index in [2.05, 4.69) is 27.6 Å². The number of benzene rings is 2. The van der Waals surface area contributed by atoms with Crippen LogP contribution in [-0.4, -0.2) is 14.5 Å². The van der Waals surface area contributed by atoms with Crippen molar-refractivity contribution in [2.45, 2.75) is 6.92 Å². The van der Waals surface area contributed by atoms with Crippen LogP contribution in [0.4, 0.5) is 0 Å². The molecule has 2 aromatic heterocycles. The van der Waals surface area contributed by atoms with Gasteiger partial charge in [-0.15, -0.1) is 0 Å². The maximum absolute atomic E-state index is 12.9. The summed E-state index contributed by atoms with van der Waals surface area (Å²) in [5, 5.41) is 1.00. The summed E-state index contributed by atoms with van der Waals surface area (Å²) in [6.45, 7) is 1.89. The lowest BCUT2D eigenvalue weighted by Crippen LogP contribution is -2.21. The van der Waals surface area contributed by atoms with Gasteiger partial charge in [0.15, 0.2) is 0 Å². The van der Waals surface area contributed by atoms with Gasteiger partial charge in [0.25, 0.3) is 5.56 Å². The molecule has 7 heteroatoms. The van der Waals surface area contributed by atoms with Crippen molar-refractivity contribution in [2.75, 3.05) is 0 Å². The van der Waals surface area contributed by atoms with Gasteiger partial charge in [-0.25, -0.2) is 9.97 Å². The fraction of sp³-hybridized carbons (Fsp3) is 0.0952. The fourth-order valence-electron chi connectivity index (χ4n) is 3.00. The van der Waals surface area contributed by atoms with E-state index in [0.717, 1.165) is 9.13 Å². The molecule has 2 aromatic carbocycles. The molecule has 5 nitrogen and oxygen atoms in total. The van der Waals surface area contributed by atoms with Gasteiger partial charge >= 0.3 is 0 Å². The number of hydrogen-bond acceptors (Lipinski definition) is 4. The molecule has 0 N–H and O–H groups in total. The largest absolute Gasteiger partial charge is 0.438 e. The standard InChI is InChI=1S/C21H15ClIN3O2/c1-12-10-13(22)11-17-18(12)25-19(26(2)21(17)27)16-4-3-9-24-20(16)28-15-7-5-14(23)6-8-15/h3-11H,1-2H3. The van der Waals surface area contributed by atoms with Crippen LogP contribution in [0.3, 0.4) is 0 Å². The lowest BCUT2D eigenvalue weighted by atomic mass is 10.1. The molecule has 0 amide bonds. The van der Waals surface area contributed by atoms with Crippen LogP contribution in [0.5, 0.6) is 11.6 Å². The Bertz CT molecular complexity index is 1250. The Kier molecular flexibility index (Phi) is 5.07. The van der Waals surface area contributed by atoms with Crippen molar-refractivity contribution in [3.05, 3.63) is 79.2 Å². The van der Waals surface area contributed by atoms with E-state index in [1.54, 1.807) is 31.4 Å². The van der Waals surface area contributed by atoms with E-state index in [4.69, 9.17) is 21.3 Å². The van der Waals surface area contributed by atoms with Crippen molar-refractivity contribution in [2.24, 2.45) is 7.05 Å². The number of hydrogen-bond donors (Lipinski definition) is 0. The third-order valence-electron chi connectivity index (χ3n) is 4.38. The Morgan fingerprint density at radius 3 is 2.64 bits per heavy atom. The van der Waals surface area contributed by atoms with Crippen molar-refractivity contribution in [1.29, 1.82) is 0 Å². The zero-order valence-electron chi connectivity index (χ0n) is 15.1. The third kappa shape index (κ3) is 3.49. The minimum absolute atomic E-state index is 0.172. The Hall–Kier alpha value is -2.45. The van der Waals surface area contributed by atoms with E-state index >= 15 is 0 Å². The van der Waals surface area contributed by atoms with Gasteiger partial charge in [0.2, 0.25) is 5.88 Å². The smallest absolute Gasteiger partial charge is 0.261 e. The molecular weight excluding hydrogens is 489 g/mol. The Morgan fingerprint density at radius 2 is 1.89 bits per heavy atom. The molecule has 0 radical (unpaired) electrons. The summed E-state index contributed by atoms with van der Waals surface area (Å²) < 4.78 is 8.59. The van der Waals surface area contributed by atoms with E-state index in [1.165, 1.54) is 4.57 Å². The second kappa shape index (κ2) is 7.52. The predicted octanol–water partition coefficient (Wildman–Crippen LogP) is 5.35. The normalized spacial score (nSPS) is 11.0. The highest BCUT2D eigenvalue weighted by Gasteiger charge is 2.17. The van der Waals surface area contributed by atoms with Gasteiger partial charge in [-0.05, 0) is 83.6 Å². The average molecular weight is 504 g/mol. The van der Waals surface area contributed by atoms with Gasteiger partial charge in [0.1, 0.15) is 11.6 Å². The molecule has 0 bridgehead atoms. The van der Waals surface area contributed by atoms with Gasteiger partial charge in [-0.3, -0.25) is 9.36 Å². The van der Waals surface area contributed by atoms with Crippen LogP contribution in [-0.2, 0) is 7.05 Å². The number of fused-ring (bicyclic) bond motifs is 1. The van der Waals surface area contributed by atoms with Crippen molar-refractivity contribution in [1.82, 2.24) is 14.5 Å². The van der Waals surface area contributed by atoms with Gasteiger partial charge in [0, 0.05) is 21.8 Å². The van der Waals surface area contributed by atoms with Crippen molar-refractivity contribution >= 4 is 45.1 Å². The molecule has 4 aromatic rings. The number of aromatic nitrogens is 3. The van der Waals surface area contributed by atoms with E-state index < -0.39 is 0 Å². The van der Waals surface area contributed by atoms with Crippen LogP contribution < -0.4 is 10.3 Å². The summed E-state index contributed by atoms with van der Waals surface area (Å²) in [5.74, 6) is 1.53. The van der Waals surface area contributed by atoms with Crippen LogP contribution in [0.2, 0.25) is 5.02 Å². The summed E-state index contributed by atoms with van der Waals surface area (Å²) in [6.07, 6.45) is 1.65. The van der Waals surface area contributed by atoms with Crippen LogP contribution in [0, 0.1) is 10.5 Å². The maximum atomic E-state index is 12.9. The number of ether oxygens (including phenoxy) is 1. The van der Waals surface area contributed by atoms with E-state index in [-0.39, 0.29) is 5.56 Å². The van der Waals surface area contributed by atoms with Crippen LogP contribution in [0.15, 0.2) is 59.5 Å². The zero-order valence-corrected chi connectivity index (χ0v) is 18.0. The molecule has 28 heavy (non-hydrogen) atoms. The second-order valence-electron chi connectivity index (χ2n) is 6.33. The first-order valence-electron chi connectivity index (χ1n) is 8.50. The minimum atomic E-state index is -0.172. The zero-order chi connectivity index (χ0) is 19.8. The molecule has 0 atom stereocenters. The molecule has 0 unspecified atom stereocenters. The van der Waals surface area contributed by atoms with Gasteiger partial charge in [-0.1, -0.05) is 11.6 Å². The topological polar surface area (TPSA) is 57.0 Å².